The molecular formula is C21H23BrS2. The lowest BCUT2D eigenvalue weighted by molar-refractivity contribution is 0.694. The molecule has 0 aromatic heterocycles. The fraction of sp³-hybridized carbons (Fsp3) is 0.333. The van der Waals surface area contributed by atoms with Gasteiger partial charge in [0.25, 0.3) is 0 Å². The number of hydrogen-bond donors (Lipinski definition) is 0. The van der Waals surface area contributed by atoms with Crippen LogP contribution < -0.4 is 0 Å². The van der Waals surface area contributed by atoms with Crippen molar-refractivity contribution in [2.24, 2.45) is 0 Å². The summed E-state index contributed by atoms with van der Waals surface area (Å²) >= 11 is 7.79. The first-order valence-corrected chi connectivity index (χ1v) is 11.3. The van der Waals surface area contributed by atoms with Crippen LogP contribution >= 0.6 is 39.5 Å². The summed E-state index contributed by atoms with van der Waals surface area (Å²) in [6, 6.07) is 17.8. The number of unbranched alkanes of at least 4 members (excludes halogenated alkanes) is 1. The van der Waals surface area contributed by atoms with Crippen LogP contribution in [0.2, 0.25) is 0 Å². The Labute approximate surface area is 162 Å². The molecule has 1 aliphatic rings. The Kier molecular flexibility index (Phi) is 6.54. The number of benzene rings is 2. The third-order valence-electron chi connectivity index (χ3n) is 4.38. The molecule has 0 unspecified atom stereocenters. The lowest BCUT2D eigenvalue weighted by Gasteiger charge is -2.37. The monoisotopic (exact) mass is 418 g/mol. The first-order chi connectivity index (χ1) is 11.7. The zero-order chi connectivity index (χ0) is 16.8. The Balaban J connectivity index is 1.83. The lowest BCUT2D eigenvalue weighted by atomic mass is 10.0. The fourth-order valence-corrected chi connectivity index (χ4v) is 6.77. The molecule has 3 rings (SSSR count). The van der Waals surface area contributed by atoms with Gasteiger partial charge < -0.3 is 0 Å². The average molecular weight is 419 g/mol. The van der Waals surface area contributed by atoms with Gasteiger partial charge in [-0.2, -0.15) is 0 Å². The molecule has 2 aromatic carbocycles. The van der Waals surface area contributed by atoms with Crippen molar-refractivity contribution in [3.05, 3.63) is 71.2 Å². The van der Waals surface area contributed by atoms with E-state index in [-0.39, 0.29) is 4.08 Å². The molecular weight excluding hydrogens is 396 g/mol. The van der Waals surface area contributed by atoms with Crippen LogP contribution in [0.3, 0.4) is 0 Å². The summed E-state index contributed by atoms with van der Waals surface area (Å²) in [5.41, 5.74) is 4.04. The zero-order valence-corrected chi connectivity index (χ0v) is 17.1. The maximum atomic E-state index is 3.87. The molecule has 1 fully saturated rings. The quantitative estimate of drug-likeness (QED) is 0.351. The third-order valence-corrected chi connectivity index (χ3v) is 8.41. The number of thioether (sulfide) groups is 2. The predicted molar refractivity (Wildman–Crippen MR) is 115 cm³/mol. The smallest absolute Gasteiger partial charge is 0.0860 e. The predicted octanol–water partition coefficient (Wildman–Crippen LogP) is 7.50. The second-order valence-corrected chi connectivity index (χ2v) is 10.0. The van der Waals surface area contributed by atoms with Crippen LogP contribution in [-0.2, 0) is 4.08 Å². The van der Waals surface area contributed by atoms with Crippen LogP contribution in [0, 0.1) is 0 Å². The van der Waals surface area contributed by atoms with E-state index in [0.717, 1.165) is 10.9 Å². The van der Waals surface area contributed by atoms with Gasteiger partial charge in [-0.1, -0.05) is 58.4 Å². The average Bonchev–Trinajstić information content (AvgIpc) is 2.64. The van der Waals surface area contributed by atoms with E-state index in [4.69, 9.17) is 0 Å². The van der Waals surface area contributed by atoms with Gasteiger partial charge >= 0.3 is 0 Å². The maximum absolute atomic E-state index is 3.87. The summed E-state index contributed by atoms with van der Waals surface area (Å²) in [4.78, 5) is 0. The highest BCUT2D eigenvalue weighted by Crippen LogP contribution is 2.53. The number of allylic oxidation sites excluding steroid dienone is 1. The summed E-state index contributed by atoms with van der Waals surface area (Å²) < 4.78 is 1.36. The molecule has 0 atom stereocenters. The topological polar surface area (TPSA) is 0 Å². The maximum Gasteiger partial charge on any atom is 0.0860 e. The Morgan fingerprint density at radius 2 is 1.54 bits per heavy atom. The second-order valence-electron chi connectivity index (χ2n) is 6.07. The summed E-state index contributed by atoms with van der Waals surface area (Å²) in [6.07, 6.45) is 6.93. The SMILES string of the molecule is C=CCCCC1(c2ccc(-c3ccc(Br)cc3)cc2)SCCCS1. The first-order valence-electron chi connectivity index (χ1n) is 8.49. The van der Waals surface area contributed by atoms with Crippen LogP contribution in [0.15, 0.2) is 65.7 Å². The highest BCUT2D eigenvalue weighted by atomic mass is 79.9. The normalized spacial score (nSPS) is 16.7. The summed E-state index contributed by atoms with van der Waals surface area (Å²) in [6.45, 7) is 3.87. The molecule has 0 amide bonds. The van der Waals surface area contributed by atoms with Crippen molar-refractivity contribution in [2.75, 3.05) is 11.5 Å². The van der Waals surface area contributed by atoms with E-state index >= 15 is 0 Å². The van der Waals surface area contributed by atoms with E-state index in [1.165, 1.54) is 47.5 Å². The van der Waals surface area contributed by atoms with Crippen molar-refractivity contribution in [1.29, 1.82) is 0 Å². The van der Waals surface area contributed by atoms with E-state index in [2.05, 4.69) is 94.6 Å². The van der Waals surface area contributed by atoms with Gasteiger partial charge in [-0.25, -0.2) is 0 Å². The molecule has 126 valence electrons. The van der Waals surface area contributed by atoms with Gasteiger partial charge in [0.1, 0.15) is 0 Å². The molecule has 24 heavy (non-hydrogen) atoms. The molecule has 0 saturated carbocycles. The molecule has 0 nitrogen and oxygen atoms in total. The Bertz CT molecular complexity index is 655. The Morgan fingerprint density at radius 1 is 0.958 bits per heavy atom. The van der Waals surface area contributed by atoms with Crippen molar-refractivity contribution in [2.45, 2.75) is 29.8 Å². The highest BCUT2D eigenvalue weighted by molar-refractivity contribution is 9.10. The van der Waals surface area contributed by atoms with E-state index in [1.54, 1.807) is 0 Å². The van der Waals surface area contributed by atoms with Crippen molar-refractivity contribution in [3.8, 4) is 11.1 Å². The summed E-state index contributed by atoms with van der Waals surface area (Å²) in [5, 5.41) is 0. The van der Waals surface area contributed by atoms with Gasteiger partial charge in [0.05, 0.1) is 4.08 Å². The molecule has 0 bridgehead atoms. The minimum absolute atomic E-state index is 0.236. The van der Waals surface area contributed by atoms with E-state index in [0.29, 0.717) is 0 Å². The van der Waals surface area contributed by atoms with Gasteiger partial charge in [0.2, 0.25) is 0 Å². The van der Waals surface area contributed by atoms with Crippen molar-refractivity contribution >= 4 is 39.5 Å². The lowest BCUT2D eigenvalue weighted by Crippen LogP contribution is -2.22. The van der Waals surface area contributed by atoms with Gasteiger partial charge in [0, 0.05) is 4.47 Å². The first kappa shape index (κ1) is 18.2. The fourth-order valence-electron chi connectivity index (χ4n) is 3.07. The molecule has 0 N–H and O–H groups in total. The molecule has 0 aliphatic carbocycles. The van der Waals surface area contributed by atoms with Gasteiger partial charge in [-0.3, -0.25) is 0 Å². The minimum Gasteiger partial charge on any atom is -0.139 e. The van der Waals surface area contributed by atoms with Crippen LogP contribution in [-0.4, -0.2) is 11.5 Å². The third kappa shape index (κ3) is 4.30. The van der Waals surface area contributed by atoms with Crippen LogP contribution in [0.5, 0.6) is 0 Å². The number of halogens is 1. The molecule has 1 saturated heterocycles. The van der Waals surface area contributed by atoms with Gasteiger partial charge in [0.15, 0.2) is 0 Å². The van der Waals surface area contributed by atoms with Crippen molar-refractivity contribution < 1.29 is 0 Å². The standard InChI is InChI=1S/C21H23BrS2/c1-2-3-4-14-21(23-15-5-16-24-21)19-10-6-17(7-11-19)18-8-12-20(22)13-9-18/h2,6-13H,1,3-5,14-16H2. The molecule has 2 aromatic rings. The van der Waals surface area contributed by atoms with E-state index in [9.17, 15) is 0 Å². The molecule has 1 heterocycles. The van der Waals surface area contributed by atoms with Gasteiger partial charge in [-0.05, 0) is 66.0 Å². The Morgan fingerprint density at radius 3 is 2.12 bits per heavy atom. The number of hydrogen-bond acceptors (Lipinski definition) is 2. The highest BCUT2D eigenvalue weighted by Gasteiger charge is 2.34. The molecule has 3 heteroatoms. The van der Waals surface area contributed by atoms with Crippen LogP contribution in [0.1, 0.15) is 31.2 Å². The van der Waals surface area contributed by atoms with Gasteiger partial charge in [-0.15, -0.1) is 30.1 Å². The van der Waals surface area contributed by atoms with Crippen LogP contribution in [0.4, 0.5) is 0 Å². The minimum atomic E-state index is 0.236. The Hall–Kier alpha value is -0.640. The molecule has 0 spiro atoms. The molecule has 0 radical (unpaired) electrons. The van der Waals surface area contributed by atoms with Crippen molar-refractivity contribution in [3.63, 3.8) is 0 Å². The largest absolute Gasteiger partial charge is 0.139 e. The van der Waals surface area contributed by atoms with E-state index in [1.807, 2.05) is 6.08 Å². The summed E-state index contributed by atoms with van der Waals surface area (Å²) in [5.74, 6) is 2.55. The zero-order valence-electron chi connectivity index (χ0n) is 13.8. The molecule has 1 aliphatic heterocycles. The van der Waals surface area contributed by atoms with Crippen LogP contribution in [0.25, 0.3) is 11.1 Å². The van der Waals surface area contributed by atoms with E-state index < -0.39 is 0 Å². The van der Waals surface area contributed by atoms with Crippen molar-refractivity contribution in [1.82, 2.24) is 0 Å². The summed E-state index contributed by atoms with van der Waals surface area (Å²) in [7, 11) is 0. The second kappa shape index (κ2) is 8.64. The number of rotatable bonds is 6.